The lowest BCUT2D eigenvalue weighted by atomic mass is 10.1. The van der Waals surface area contributed by atoms with Gasteiger partial charge in [0.2, 0.25) is 0 Å². The summed E-state index contributed by atoms with van der Waals surface area (Å²) in [6.45, 7) is 1.58. The Morgan fingerprint density at radius 3 is 2.53 bits per heavy atom. The summed E-state index contributed by atoms with van der Waals surface area (Å²) in [6, 6.07) is 9.94. The number of nitro benzene ring substituents is 1. The van der Waals surface area contributed by atoms with Crippen molar-refractivity contribution in [3.63, 3.8) is 0 Å². The number of hydrogen-bond donors (Lipinski definition) is 1. The minimum absolute atomic E-state index is 0.0670. The predicted octanol–water partition coefficient (Wildman–Crippen LogP) is 2.20. The molecule has 1 aliphatic heterocycles. The number of nitrogens with zero attached hydrogens (tertiary/aromatic N) is 2. The molecule has 0 spiro atoms. The van der Waals surface area contributed by atoms with E-state index in [2.05, 4.69) is 10.3 Å². The number of hydrogen-bond acceptors (Lipinski definition) is 5. The normalized spacial score (nSPS) is 14.0. The van der Waals surface area contributed by atoms with Crippen LogP contribution < -0.4 is 5.32 Å². The number of amidine groups is 1. The van der Waals surface area contributed by atoms with E-state index in [1.54, 1.807) is 12.1 Å². The molecule has 6 nitrogen and oxygen atoms in total. The van der Waals surface area contributed by atoms with Crippen LogP contribution in [0.15, 0.2) is 45.8 Å². The third-order valence-electron chi connectivity index (χ3n) is 2.88. The molecule has 0 radical (unpaired) electrons. The summed E-state index contributed by atoms with van der Waals surface area (Å²) in [5, 5.41) is 13.7. The van der Waals surface area contributed by atoms with Crippen molar-refractivity contribution in [2.24, 2.45) is 4.99 Å². The first-order chi connectivity index (χ1) is 9.24. The van der Waals surface area contributed by atoms with Crippen molar-refractivity contribution in [3.8, 4) is 11.3 Å². The first-order valence-corrected chi connectivity index (χ1v) is 5.87. The van der Waals surface area contributed by atoms with Gasteiger partial charge in [-0.15, -0.1) is 0 Å². The molecule has 0 amide bonds. The number of non-ortho nitro benzene ring substituents is 1. The molecule has 19 heavy (non-hydrogen) atoms. The highest BCUT2D eigenvalue weighted by molar-refractivity contribution is 5.97. The Kier molecular flexibility index (Phi) is 2.75. The molecule has 0 bridgehead atoms. The molecule has 0 saturated carbocycles. The summed E-state index contributed by atoms with van der Waals surface area (Å²) in [6.07, 6.45) is 0. The quantitative estimate of drug-likeness (QED) is 0.675. The van der Waals surface area contributed by atoms with Crippen LogP contribution in [-0.2, 0) is 0 Å². The van der Waals surface area contributed by atoms with E-state index in [-0.39, 0.29) is 5.69 Å². The highest BCUT2D eigenvalue weighted by atomic mass is 16.6. The van der Waals surface area contributed by atoms with Crippen LogP contribution in [0.3, 0.4) is 0 Å². The van der Waals surface area contributed by atoms with Crippen LogP contribution >= 0.6 is 0 Å². The zero-order valence-corrected chi connectivity index (χ0v) is 10.00. The number of furan rings is 1. The molecule has 6 heteroatoms. The van der Waals surface area contributed by atoms with Gasteiger partial charge in [-0.2, -0.15) is 0 Å². The third-order valence-corrected chi connectivity index (χ3v) is 2.88. The molecule has 3 rings (SSSR count). The van der Waals surface area contributed by atoms with E-state index in [1.165, 1.54) is 12.1 Å². The van der Waals surface area contributed by atoms with Crippen molar-refractivity contribution in [3.05, 3.63) is 52.3 Å². The van der Waals surface area contributed by atoms with Gasteiger partial charge in [-0.05, 0) is 24.3 Å². The minimum Gasteiger partial charge on any atom is -0.453 e. The minimum atomic E-state index is -0.422. The van der Waals surface area contributed by atoms with Crippen LogP contribution in [0, 0.1) is 10.1 Å². The monoisotopic (exact) mass is 257 g/mol. The second-order valence-electron chi connectivity index (χ2n) is 4.12. The maximum atomic E-state index is 10.6. The Morgan fingerprint density at radius 1 is 1.16 bits per heavy atom. The van der Waals surface area contributed by atoms with Gasteiger partial charge in [0.15, 0.2) is 11.6 Å². The Morgan fingerprint density at radius 2 is 1.89 bits per heavy atom. The van der Waals surface area contributed by atoms with Crippen LogP contribution in [0.5, 0.6) is 0 Å². The van der Waals surface area contributed by atoms with Crippen molar-refractivity contribution in [1.29, 1.82) is 0 Å². The summed E-state index contributed by atoms with van der Waals surface area (Å²) < 4.78 is 5.69. The van der Waals surface area contributed by atoms with E-state index in [9.17, 15) is 10.1 Å². The fourth-order valence-corrected chi connectivity index (χ4v) is 1.93. The van der Waals surface area contributed by atoms with Crippen molar-refractivity contribution in [2.75, 3.05) is 13.1 Å². The van der Waals surface area contributed by atoms with E-state index in [4.69, 9.17) is 4.42 Å². The molecule has 1 aromatic heterocycles. The topological polar surface area (TPSA) is 80.7 Å². The zero-order valence-electron chi connectivity index (χ0n) is 10.00. The van der Waals surface area contributed by atoms with E-state index in [0.29, 0.717) is 11.5 Å². The molecule has 1 aromatic carbocycles. The molecule has 0 fully saturated rings. The highest BCUT2D eigenvalue weighted by Crippen LogP contribution is 2.24. The van der Waals surface area contributed by atoms with Gasteiger partial charge in [-0.1, -0.05) is 0 Å². The average Bonchev–Trinajstić information content (AvgIpc) is 3.10. The van der Waals surface area contributed by atoms with Gasteiger partial charge in [0.25, 0.3) is 5.69 Å². The fourth-order valence-electron chi connectivity index (χ4n) is 1.93. The lowest BCUT2D eigenvalue weighted by molar-refractivity contribution is -0.384. The second-order valence-corrected chi connectivity index (χ2v) is 4.12. The molecule has 0 saturated heterocycles. The van der Waals surface area contributed by atoms with Crippen LogP contribution in [0.1, 0.15) is 5.76 Å². The van der Waals surface area contributed by atoms with Gasteiger partial charge >= 0.3 is 0 Å². The van der Waals surface area contributed by atoms with Gasteiger partial charge in [0, 0.05) is 24.2 Å². The first-order valence-electron chi connectivity index (χ1n) is 5.87. The summed E-state index contributed by atoms with van der Waals surface area (Å²) in [7, 11) is 0. The van der Waals surface area contributed by atoms with Gasteiger partial charge in [-0.3, -0.25) is 15.1 Å². The zero-order chi connectivity index (χ0) is 13.2. The fraction of sp³-hybridized carbons (Fsp3) is 0.154. The molecule has 2 heterocycles. The predicted molar refractivity (Wildman–Crippen MR) is 70.2 cm³/mol. The van der Waals surface area contributed by atoms with E-state index in [1.807, 2.05) is 12.1 Å². The number of aliphatic imine (C=N–C) groups is 1. The highest BCUT2D eigenvalue weighted by Gasteiger charge is 2.13. The molecular weight excluding hydrogens is 246 g/mol. The number of nitro groups is 1. The van der Waals surface area contributed by atoms with Crippen molar-refractivity contribution >= 4 is 11.5 Å². The molecule has 0 aliphatic carbocycles. The van der Waals surface area contributed by atoms with Crippen LogP contribution in [0.2, 0.25) is 0 Å². The van der Waals surface area contributed by atoms with Gasteiger partial charge < -0.3 is 9.73 Å². The number of benzene rings is 1. The largest absolute Gasteiger partial charge is 0.453 e. The maximum Gasteiger partial charge on any atom is 0.269 e. The SMILES string of the molecule is O=[N+]([O-])c1ccc(-c2ccc(C3=NCCN3)o2)cc1. The van der Waals surface area contributed by atoms with Gasteiger partial charge in [-0.25, -0.2) is 0 Å². The summed E-state index contributed by atoms with van der Waals surface area (Å²) in [4.78, 5) is 14.4. The van der Waals surface area contributed by atoms with Crippen molar-refractivity contribution in [2.45, 2.75) is 0 Å². The Labute approximate surface area is 108 Å². The maximum absolute atomic E-state index is 10.6. The summed E-state index contributed by atoms with van der Waals surface area (Å²) >= 11 is 0. The average molecular weight is 257 g/mol. The molecule has 1 aliphatic rings. The van der Waals surface area contributed by atoms with Crippen molar-refractivity contribution in [1.82, 2.24) is 5.32 Å². The lowest BCUT2D eigenvalue weighted by Crippen LogP contribution is -2.18. The van der Waals surface area contributed by atoms with Gasteiger partial charge in [0.1, 0.15) is 5.76 Å². The molecule has 0 unspecified atom stereocenters. The summed E-state index contributed by atoms with van der Waals surface area (Å²) in [5.74, 6) is 2.11. The van der Waals surface area contributed by atoms with Crippen molar-refractivity contribution < 1.29 is 9.34 Å². The molecule has 0 atom stereocenters. The molecule has 2 aromatic rings. The number of nitrogens with one attached hydrogen (secondary N) is 1. The van der Waals surface area contributed by atoms with Crippen LogP contribution in [-0.4, -0.2) is 23.8 Å². The smallest absolute Gasteiger partial charge is 0.269 e. The lowest BCUT2D eigenvalue weighted by Gasteiger charge is -1.98. The van der Waals surface area contributed by atoms with Gasteiger partial charge in [0.05, 0.1) is 11.5 Å². The molecule has 1 N–H and O–H groups in total. The number of rotatable bonds is 3. The standard InChI is InChI=1S/C13H11N3O3/c17-16(18)10-3-1-9(2-4-10)11-5-6-12(19-11)13-14-7-8-15-13/h1-6H,7-8H2,(H,14,15). The molecule has 96 valence electrons. The Balaban J connectivity index is 1.88. The van der Waals surface area contributed by atoms with E-state index < -0.39 is 4.92 Å². The first kappa shape index (κ1) is 11.5. The van der Waals surface area contributed by atoms with E-state index in [0.717, 1.165) is 24.5 Å². The molecular formula is C13H11N3O3. The third kappa shape index (κ3) is 2.20. The Hall–Kier alpha value is -2.63. The Bertz CT molecular complexity index is 643. The summed E-state index contributed by atoms with van der Waals surface area (Å²) in [5.41, 5.74) is 0.868. The van der Waals surface area contributed by atoms with E-state index >= 15 is 0 Å². The van der Waals surface area contributed by atoms with Crippen LogP contribution in [0.4, 0.5) is 5.69 Å². The van der Waals surface area contributed by atoms with Crippen LogP contribution in [0.25, 0.3) is 11.3 Å². The second kappa shape index (κ2) is 4.56.